The Morgan fingerprint density at radius 3 is 2.17 bits per heavy atom. The first kappa shape index (κ1) is 21.3. The fourth-order valence-corrected chi connectivity index (χ4v) is 3.70. The van der Waals surface area contributed by atoms with Gasteiger partial charge in [0.2, 0.25) is 5.91 Å². The highest BCUT2D eigenvalue weighted by atomic mass is 32.2. The molecule has 0 fully saturated rings. The van der Waals surface area contributed by atoms with Crippen molar-refractivity contribution in [2.45, 2.75) is 18.2 Å². The lowest BCUT2D eigenvalue weighted by molar-refractivity contribution is -0.115. The lowest BCUT2D eigenvalue weighted by Crippen LogP contribution is -2.15. The molecule has 0 atom stereocenters. The molecule has 3 rings (SSSR count). The zero-order chi connectivity index (χ0) is 21.7. The number of sulfone groups is 1. The van der Waals surface area contributed by atoms with Gasteiger partial charge in [0.05, 0.1) is 22.7 Å². The minimum Gasteiger partial charge on any atom is -0.397 e. The summed E-state index contributed by atoms with van der Waals surface area (Å²) in [4.78, 5) is 12.7. The normalized spacial score (nSPS) is 11.5. The summed E-state index contributed by atoms with van der Waals surface area (Å²) in [7, 11) is -3.24. The van der Waals surface area contributed by atoms with Crippen molar-refractivity contribution in [3.8, 4) is 11.1 Å². The molecule has 154 valence electrons. The van der Waals surface area contributed by atoms with Crippen molar-refractivity contribution in [2.24, 2.45) is 0 Å². The molecule has 0 saturated carbocycles. The van der Waals surface area contributed by atoms with Gasteiger partial charge in [-0.25, -0.2) is 8.42 Å². The van der Waals surface area contributed by atoms with Crippen molar-refractivity contribution in [2.75, 3.05) is 17.3 Å². The van der Waals surface area contributed by atoms with Crippen LogP contribution >= 0.6 is 0 Å². The van der Waals surface area contributed by atoms with Gasteiger partial charge in [0.25, 0.3) is 0 Å². The Morgan fingerprint density at radius 2 is 1.60 bits per heavy atom. The largest absolute Gasteiger partial charge is 0.397 e. The number of benzene rings is 3. The average molecular weight is 421 g/mol. The van der Waals surface area contributed by atoms with E-state index in [4.69, 9.17) is 5.73 Å². The predicted octanol–water partition coefficient (Wildman–Crippen LogP) is 4.55. The molecule has 0 aliphatic carbocycles. The Kier molecular flexibility index (Phi) is 6.37. The molecular weight excluding hydrogens is 396 g/mol. The molecule has 0 bridgehead atoms. The van der Waals surface area contributed by atoms with Crippen molar-refractivity contribution >= 4 is 33.2 Å². The maximum absolute atomic E-state index is 12.4. The highest BCUT2D eigenvalue weighted by Crippen LogP contribution is 2.28. The zero-order valence-corrected chi connectivity index (χ0v) is 17.7. The molecule has 6 heteroatoms. The number of anilines is 2. The Hall–Kier alpha value is -3.38. The van der Waals surface area contributed by atoms with Gasteiger partial charge in [0.15, 0.2) is 9.84 Å². The summed E-state index contributed by atoms with van der Waals surface area (Å²) in [5.74, 6) is -0.147. The highest BCUT2D eigenvalue weighted by molar-refractivity contribution is 7.90. The summed E-state index contributed by atoms with van der Waals surface area (Å²) in [6.45, 7) is 1.96. The summed E-state index contributed by atoms with van der Waals surface area (Å²) in [5, 5.41) is 2.85. The maximum Gasteiger partial charge on any atom is 0.228 e. The fraction of sp³-hybridized carbons (Fsp3) is 0.125. The maximum atomic E-state index is 12.4. The molecule has 0 saturated heterocycles. The van der Waals surface area contributed by atoms with Crippen LogP contribution in [-0.2, 0) is 21.1 Å². The summed E-state index contributed by atoms with van der Waals surface area (Å²) in [6, 6.07) is 19.8. The van der Waals surface area contributed by atoms with E-state index in [2.05, 4.69) is 5.32 Å². The second-order valence-corrected chi connectivity index (χ2v) is 9.08. The van der Waals surface area contributed by atoms with Crippen molar-refractivity contribution in [1.29, 1.82) is 0 Å². The number of nitrogen functional groups attached to an aromatic ring is 1. The Bertz CT molecular complexity index is 1180. The van der Waals surface area contributed by atoms with Crippen LogP contribution in [0.3, 0.4) is 0 Å². The molecule has 0 unspecified atom stereocenters. The molecular formula is C24H24N2O3S. The zero-order valence-electron chi connectivity index (χ0n) is 16.9. The first-order chi connectivity index (χ1) is 14.3. The predicted molar refractivity (Wildman–Crippen MR) is 123 cm³/mol. The third-order valence-corrected chi connectivity index (χ3v) is 5.77. The molecule has 3 aromatic rings. The summed E-state index contributed by atoms with van der Waals surface area (Å²) in [6.07, 6.45) is 5.40. The van der Waals surface area contributed by atoms with Crippen molar-refractivity contribution < 1.29 is 13.2 Å². The molecule has 0 heterocycles. The number of carbonyl (C=O) groups excluding carboxylic acids is 1. The van der Waals surface area contributed by atoms with Crippen LogP contribution in [-0.4, -0.2) is 20.6 Å². The molecule has 1 amide bonds. The Labute approximate surface area is 177 Å². The summed E-state index contributed by atoms with van der Waals surface area (Å²) < 4.78 is 23.2. The van der Waals surface area contributed by atoms with Crippen LogP contribution in [0.15, 0.2) is 77.7 Å². The van der Waals surface area contributed by atoms with Gasteiger partial charge in [0.1, 0.15) is 0 Å². The standard InChI is InChI=1S/C24H24N2O3S/c1-3-4-17-5-7-18(8-6-17)15-24(27)26-23-14-11-20(16-22(23)25)19-9-12-21(13-10-19)30(2,28)29/h3-14,16H,15,25H2,1-2H3,(H,26,27)/b4-3+. The minimum atomic E-state index is -3.24. The van der Waals surface area contributed by atoms with Gasteiger partial charge in [-0.05, 0) is 53.4 Å². The smallest absolute Gasteiger partial charge is 0.228 e. The van der Waals surface area contributed by atoms with Crippen LogP contribution in [0.5, 0.6) is 0 Å². The Balaban J connectivity index is 1.69. The molecule has 5 nitrogen and oxygen atoms in total. The molecule has 0 aromatic heterocycles. The molecule has 3 N–H and O–H groups in total. The number of amides is 1. The topological polar surface area (TPSA) is 89.3 Å². The first-order valence-corrected chi connectivity index (χ1v) is 11.4. The van der Waals surface area contributed by atoms with Gasteiger partial charge in [-0.1, -0.05) is 54.6 Å². The van der Waals surface area contributed by atoms with Gasteiger partial charge >= 0.3 is 0 Å². The molecule has 3 aromatic carbocycles. The van der Waals surface area contributed by atoms with Crippen LogP contribution < -0.4 is 11.1 Å². The number of hydrogen-bond acceptors (Lipinski definition) is 4. The van der Waals surface area contributed by atoms with E-state index in [0.717, 1.165) is 22.3 Å². The lowest BCUT2D eigenvalue weighted by atomic mass is 10.0. The third-order valence-electron chi connectivity index (χ3n) is 4.64. The van der Waals surface area contributed by atoms with Crippen molar-refractivity contribution in [3.63, 3.8) is 0 Å². The third kappa shape index (κ3) is 5.36. The van der Waals surface area contributed by atoms with Crippen LogP contribution in [0.25, 0.3) is 17.2 Å². The van der Waals surface area contributed by atoms with Gasteiger partial charge in [-0.2, -0.15) is 0 Å². The van der Waals surface area contributed by atoms with E-state index in [1.165, 1.54) is 6.26 Å². The van der Waals surface area contributed by atoms with Crippen LogP contribution in [0.2, 0.25) is 0 Å². The highest BCUT2D eigenvalue weighted by Gasteiger charge is 2.10. The van der Waals surface area contributed by atoms with Gasteiger partial charge < -0.3 is 11.1 Å². The van der Waals surface area contributed by atoms with E-state index < -0.39 is 9.84 Å². The number of nitrogens with one attached hydrogen (secondary N) is 1. The van der Waals surface area contributed by atoms with E-state index in [1.807, 2.05) is 49.4 Å². The Morgan fingerprint density at radius 1 is 0.967 bits per heavy atom. The molecule has 0 spiro atoms. The van der Waals surface area contributed by atoms with Crippen molar-refractivity contribution in [3.05, 3.63) is 83.9 Å². The average Bonchev–Trinajstić information content (AvgIpc) is 2.71. The number of allylic oxidation sites excluding steroid dienone is 1. The molecule has 30 heavy (non-hydrogen) atoms. The quantitative estimate of drug-likeness (QED) is 0.573. The monoisotopic (exact) mass is 420 g/mol. The summed E-state index contributed by atoms with van der Waals surface area (Å²) >= 11 is 0. The van der Waals surface area contributed by atoms with Gasteiger partial charge in [-0.3, -0.25) is 4.79 Å². The lowest BCUT2D eigenvalue weighted by Gasteiger charge is -2.11. The number of nitrogens with two attached hydrogens (primary N) is 1. The van der Waals surface area contributed by atoms with E-state index in [1.54, 1.807) is 36.4 Å². The molecule has 0 aliphatic heterocycles. The minimum absolute atomic E-state index is 0.147. The fourth-order valence-electron chi connectivity index (χ4n) is 3.07. The van der Waals surface area contributed by atoms with Crippen LogP contribution in [0.4, 0.5) is 11.4 Å². The number of hydrogen-bond donors (Lipinski definition) is 2. The van der Waals surface area contributed by atoms with Crippen LogP contribution in [0.1, 0.15) is 18.1 Å². The van der Waals surface area contributed by atoms with E-state index in [-0.39, 0.29) is 17.2 Å². The van der Waals surface area contributed by atoms with E-state index >= 15 is 0 Å². The van der Waals surface area contributed by atoms with E-state index in [0.29, 0.717) is 11.4 Å². The second-order valence-electron chi connectivity index (χ2n) is 7.07. The molecule has 0 radical (unpaired) electrons. The van der Waals surface area contributed by atoms with Crippen molar-refractivity contribution in [1.82, 2.24) is 0 Å². The number of rotatable bonds is 6. The number of carbonyl (C=O) groups is 1. The van der Waals surface area contributed by atoms with E-state index in [9.17, 15) is 13.2 Å². The SMILES string of the molecule is C/C=C/c1ccc(CC(=O)Nc2ccc(-c3ccc(S(C)(=O)=O)cc3)cc2N)cc1. The van der Waals surface area contributed by atoms with Crippen LogP contribution in [0, 0.1) is 0 Å². The summed E-state index contributed by atoms with van der Waals surface area (Å²) in [5.41, 5.74) is 10.8. The van der Waals surface area contributed by atoms with Gasteiger partial charge in [0, 0.05) is 6.26 Å². The first-order valence-electron chi connectivity index (χ1n) is 9.48. The second kappa shape index (κ2) is 8.97. The van der Waals surface area contributed by atoms with Gasteiger partial charge in [-0.15, -0.1) is 0 Å². The molecule has 0 aliphatic rings.